The fourth-order valence-corrected chi connectivity index (χ4v) is 3.87. The highest BCUT2D eigenvalue weighted by Gasteiger charge is 2.08. The Morgan fingerprint density at radius 3 is 2.69 bits per heavy atom. The number of aryl methyl sites for hydroxylation is 1. The number of nitrogens with zero attached hydrogens (tertiary/aromatic N) is 2. The summed E-state index contributed by atoms with van der Waals surface area (Å²) in [6.45, 7) is 4.45. The van der Waals surface area contributed by atoms with Crippen LogP contribution in [-0.4, -0.2) is 28.5 Å². The molecule has 0 bridgehead atoms. The van der Waals surface area contributed by atoms with Gasteiger partial charge in [0, 0.05) is 42.9 Å². The molecule has 0 spiro atoms. The molecule has 2 heterocycles. The van der Waals surface area contributed by atoms with Gasteiger partial charge in [-0.15, -0.1) is 11.3 Å². The Morgan fingerprint density at radius 2 is 1.90 bits per heavy atom. The molecule has 0 unspecified atom stereocenters. The van der Waals surface area contributed by atoms with Crippen LogP contribution < -0.4 is 10.6 Å². The molecular formula is C23H24N4OS. The summed E-state index contributed by atoms with van der Waals surface area (Å²) in [6, 6.07) is 17.0. The minimum atomic E-state index is 0.0132. The van der Waals surface area contributed by atoms with Gasteiger partial charge in [0.25, 0.3) is 0 Å². The fourth-order valence-electron chi connectivity index (χ4n) is 3.28. The van der Waals surface area contributed by atoms with Crippen molar-refractivity contribution in [3.8, 4) is 11.1 Å². The van der Waals surface area contributed by atoms with Gasteiger partial charge in [0.15, 0.2) is 0 Å². The summed E-state index contributed by atoms with van der Waals surface area (Å²) < 4.78 is 2.01. The number of rotatable bonds is 8. The van der Waals surface area contributed by atoms with E-state index in [9.17, 15) is 4.79 Å². The van der Waals surface area contributed by atoms with Gasteiger partial charge in [0.05, 0.1) is 0 Å². The SMILES string of the molecule is Cc1ccc(-c2ccc3ccn(CC(=O)NCCNCc4nccs4)c3c2)cc1. The molecule has 148 valence electrons. The van der Waals surface area contributed by atoms with Crippen LogP contribution in [0.3, 0.4) is 0 Å². The third-order valence-corrected chi connectivity index (χ3v) is 5.64. The molecule has 0 saturated carbocycles. The van der Waals surface area contributed by atoms with Crippen LogP contribution in [0, 0.1) is 6.92 Å². The van der Waals surface area contributed by atoms with E-state index in [-0.39, 0.29) is 5.91 Å². The first-order valence-corrected chi connectivity index (χ1v) is 10.6. The number of benzene rings is 2. The smallest absolute Gasteiger partial charge is 0.239 e. The fraction of sp³-hybridized carbons (Fsp3) is 0.217. The van der Waals surface area contributed by atoms with Crippen molar-refractivity contribution in [3.05, 3.63) is 76.9 Å². The maximum Gasteiger partial charge on any atom is 0.239 e. The minimum Gasteiger partial charge on any atom is -0.353 e. The number of hydrogen-bond donors (Lipinski definition) is 2. The highest BCUT2D eigenvalue weighted by molar-refractivity contribution is 7.09. The van der Waals surface area contributed by atoms with Gasteiger partial charge >= 0.3 is 0 Å². The number of thiazole rings is 1. The molecule has 0 saturated heterocycles. The molecule has 0 aliphatic carbocycles. The number of amides is 1. The number of fused-ring (bicyclic) bond motifs is 1. The molecule has 0 radical (unpaired) electrons. The maximum absolute atomic E-state index is 12.4. The van der Waals surface area contributed by atoms with Crippen LogP contribution in [0.2, 0.25) is 0 Å². The third-order valence-electron chi connectivity index (χ3n) is 4.86. The van der Waals surface area contributed by atoms with Crippen LogP contribution in [0.15, 0.2) is 66.3 Å². The Hall–Kier alpha value is -2.96. The van der Waals surface area contributed by atoms with E-state index in [2.05, 4.69) is 71.1 Å². The predicted octanol–water partition coefficient (Wildman–Crippen LogP) is 3.98. The van der Waals surface area contributed by atoms with Crippen molar-refractivity contribution in [2.75, 3.05) is 13.1 Å². The van der Waals surface area contributed by atoms with Crippen molar-refractivity contribution in [2.45, 2.75) is 20.0 Å². The standard InChI is InChI=1S/C23H24N4OS/c1-17-2-4-18(5-3-17)20-7-6-19-8-12-27(21(19)14-20)16-22(28)25-10-9-24-15-23-26-11-13-29-23/h2-8,11-14,24H,9-10,15-16H2,1H3,(H,25,28). The van der Waals surface area contributed by atoms with E-state index in [0.717, 1.165) is 34.6 Å². The van der Waals surface area contributed by atoms with Crippen LogP contribution in [0.1, 0.15) is 10.6 Å². The average Bonchev–Trinajstić information content (AvgIpc) is 3.38. The maximum atomic E-state index is 12.4. The summed E-state index contributed by atoms with van der Waals surface area (Å²) in [5, 5.41) is 10.4. The summed E-state index contributed by atoms with van der Waals surface area (Å²) >= 11 is 1.63. The van der Waals surface area contributed by atoms with E-state index >= 15 is 0 Å². The van der Waals surface area contributed by atoms with Crippen molar-refractivity contribution < 1.29 is 4.79 Å². The lowest BCUT2D eigenvalue weighted by Crippen LogP contribution is -2.33. The molecule has 6 heteroatoms. The van der Waals surface area contributed by atoms with E-state index in [1.165, 1.54) is 11.1 Å². The molecule has 2 aromatic heterocycles. The number of carbonyl (C=O) groups is 1. The molecule has 0 aliphatic rings. The van der Waals surface area contributed by atoms with Gasteiger partial charge in [-0.25, -0.2) is 4.98 Å². The summed E-state index contributed by atoms with van der Waals surface area (Å²) in [6.07, 6.45) is 3.78. The number of hydrogen-bond acceptors (Lipinski definition) is 4. The molecular weight excluding hydrogens is 380 g/mol. The average molecular weight is 405 g/mol. The first-order valence-electron chi connectivity index (χ1n) is 9.71. The van der Waals surface area contributed by atoms with Gasteiger partial charge in [-0.3, -0.25) is 4.79 Å². The van der Waals surface area contributed by atoms with Gasteiger partial charge in [-0.2, -0.15) is 0 Å². The van der Waals surface area contributed by atoms with Crippen LogP contribution in [0.5, 0.6) is 0 Å². The second-order valence-corrected chi connectivity index (χ2v) is 8.01. The first kappa shape index (κ1) is 19.4. The molecule has 0 aliphatic heterocycles. The lowest BCUT2D eigenvalue weighted by Gasteiger charge is -2.09. The van der Waals surface area contributed by atoms with E-state index in [0.29, 0.717) is 13.1 Å². The predicted molar refractivity (Wildman–Crippen MR) is 119 cm³/mol. The monoisotopic (exact) mass is 404 g/mol. The quantitative estimate of drug-likeness (QED) is 0.437. The molecule has 4 aromatic rings. The Bertz CT molecular complexity index is 1080. The first-order chi connectivity index (χ1) is 14.2. The number of nitrogens with one attached hydrogen (secondary N) is 2. The zero-order valence-corrected chi connectivity index (χ0v) is 17.2. The Labute approximate surface area is 174 Å². The molecule has 5 nitrogen and oxygen atoms in total. The lowest BCUT2D eigenvalue weighted by molar-refractivity contribution is -0.121. The molecule has 0 fully saturated rings. The molecule has 2 N–H and O–H groups in total. The lowest BCUT2D eigenvalue weighted by atomic mass is 10.0. The zero-order valence-electron chi connectivity index (χ0n) is 16.4. The van der Waals surface area contributed by atoms with Crippen molar-refractivity contribution in [1.29, 1.82) is 0 Å². The van der Waals surface area contributed by atoms with Gasteiger partial charge in [0.2, 0.25) is 5.91 Å². The van der Waals surface area contributed by atoms with Crippen molar-refractivity contribution >= 4 is 28.1 Å². The van der Waals surface area contributed by atoms with Gasteiger partial charge in [-0.1, -0.05) is 42.0 Å². The van der Waals surface area contributed by atoms with Crippen molar-refractivity contribution in [2.24, 2.45) is 0 Å². The molecule has 2 aromatic carbocycles. The van der Waals surface area contributed by atoms with E-state index in [1.54, 1.807) is 17.5 Å². The van der Waals surface area contributed by atoms with Crippen LogP contribution >= 0.6 is 11.3 Å². The van der Waals surface area contributed by atoms with E-state index in [4.69, 9.17) is 0 Å². The summed E-state index contributed by atoms with van der Waals surface area (Å²) in [5.74, 6) is 0.0132. The van der Waals surface area contributed by atoms with E-state index < -0.39 is 0 Å². The Kier molecular flexibility index (Phi) is 6.03. The highest BCUT2D eigenvalue weighted by Crippen LogP contribution is 2.25. The molecule has 4 rings (SSSR count). The topological polar surface area (TPSA) is 59.0 Å². The molecule has 29 heavy (non-hydrogen) atoms. The van der Waals surface area contributed by atoms with Crippen LogP contribution in [-0.2, 0) is 17.9 Å². The normalized spacial score (nSPS) is 11.1. The largest absolute Gasteiger partial charge is 0.353 e. The summed E-state index contributed by atoms with van der Waals surface area (Å²) in [4.78, 5) is 16.6. The van der Waals surface area contributed by atoms with Crippen LogP contribution in [0.4, 0.5) is 0 Å². The van der Waals surface area contributed by atoms with E-state index in [1.807, 2.05) is 16.1 Å². The third kappa shape index (κ3) is 4.91. The second-order valence-electron chi connectivity index (χ2n) is 7.04. The molecule has 1 amide bonds. The van der Waals surface area contributed by atoms with Gasteiger partial charge < -0.3 is 15.2 Å². The zero-order chi connectivity index (χ0) is 20.1. The molecule has 0 atom stereocenters. The van der Waals surface area contributed by atoms with Crippen molar-refractivity contribution in [3.63, 3.8) is 0 Å². The minimum absolute atomic E-state index is 0.0132. The highest BCUT2D eigenvalue weighted by atomic mass is 32.1. The van der Waals surface area contributed by atoms with Crippen molar-refractivity contribution in [1.82, 2.24) is 20.2 Å². The summed E-state index contributed by atoms with van der Waals surface area (Å²) in [7, 11) is 0. The number of aromatic nitrogens is 2. The second kappa shape index (κ2) is 9.03. The Morgan fingerprint density at radius 1 is 1.07 bits per heavy atom. The summed E-state index contributed by atoms with van der Waals surface area (Å²) in [5.41, 5.74) is 4.65. The van der Waals surface area contributed by atoms with Gasteiger partial charge in [-0.05, 0) is 35.6 Å². The van der Waals surface area contributed by atoms with Gasteiger partial charge in [0.1, 0.15) is 11.6 Å². The van der Waals surface area contributed by atoms with Crippen LogP contribution in [0.25, 0.3) is 22.0 Å². The Balaban J connectivity index is 1.35. The number of carbonyl (C=O) groups excluding carboxylic acids is 1.